The summed E-state index contributed by atoms with van der Waals surface area (Å²) in [5, 5.41) is 6.53. The lowest BCUT2D eigenvalue weighted by Crippen LogP contribution is -2.07. The van der Waals surface area contributed by atoms with Crippen molar-refractivity contribution in [3.05, 3.63) is 57.9 Å². The number of rotatable bonds is 3. The summed E-state index contributed by atoms with van der Waals surface area (Å²) in [5.41, 5.74) is 2.55. The zero-order valence-electron chi connectivity index (χ0n) is 11.7. The van der Waals surface area contributed by atoms with E-state index in [2.05, 4.69) is 10.3 Å². The summed E-state index contributed by atoms with van der Waals surface area (Å²) in [7, 11) is 0. The Morgan fingerprint density at radius 2 is 2.05 bits per heavy atom. The van der Waals surface area contributed by atoms with Gasteiger partial charge < -0.3 is 10.1 Å². The molecular formula is C16H12N2O3S. The van der Waals surface area contributed by atoms with Crippen LogP contribution in [0.15, 0.2) is 51.8 Å². The van der Waals surface area contributed by atoms with Gasteiger partial charge in [0.2, 0.25) is 11.8 Å². The molecule has 6 heteroatoms. The van der Waals surface area contributed by atoms with Crippen molar-refractivity contribution in [2.24, 2.45) is 4.99 Å². The molecule has 0 spiro atoms. The number of nitrogens with one attached hydrogen (secondary N) is 1. The molecule has 0 saturated heterocycles. The number of amides is 1. The third kappa shape index (κ3) is 3.12. The van der Waals surface area contributed by atoms with Crippen LogP contribution in [-0.2, 0) is 14.3 Å². The Kier molecular flexibility index (Phi) is 3.84. The Morgan fingerprint density at radius 3 is 2.68 bits per heavy atom. The number of hydrogen-bond donors (Lipinski definition) is 1. The van der Waals surface area contributed by atoms with Crippen LogP contribution >= 0.6 is 11.3 Å². The van der Waals surface area contributed by atoms with Gasteiger partial charge in [-0.3, -0.25) is 4.79 Å². The highest BCUT2D eigenvalue weighted by Crippen LogP contribution is 2.21. The van der Waals surface area contributed by atoms with E-state index in [1.807, 2.05) is 16.8 Å². The lowest BCUT2D eigenvalue weighted by atomic mass is 10.2. The van der Waals surface area contributed by atoms with Crippen LogP contribution in [0.1, 0.15) is 18.1 Å². The number of ether oxygens (including phenoxy) is 1. The zero-order valence-corrected chi connectivity index (χ0v) is 12.5. The van der Waals surface area contributed by atoms with Crippen molar-refractivity contribution in [3.63, 3.8) is 0 Å². The van der Waals surface area contributed by atoms with Crippen molar-refractivity contribution >= 4 is 40.9 Å². The molecule has 1 N–H and O–H groups in total. The van der Waals surface area contributed by atoms with Gasteiger partial charge in [-0.1, -0.05) is 0 Å². The number of esters is 1. The van der Waals surface area contributed by atoms with E-state index in [9.17, 15) is 9.59 Å². The third-order valence-corrected chi connectivity index (χ3v) is 3.62. The minimum Gasteiger partial charge on any atom is -0.402 e. The first-order valence-electron chi connectivity index (χ1n) is 6.54. The molecule has 0 unspecified atom stereocenters. The molecule has 0 aliphatic carbocycles. The highest BCUT2D eigenvalue weighted by molar-refractivity contribution is 7.08. The fraction of sp³-hybridized carbons (Fsp3) is 0.0625. The van der Waals surface area contributed by atoms with Crippen LogP contribution in [-0.4, -0.2) is 17.8 Å². The lowest BCUT2D eigenvalue weighted by molar-refractivity contribution is -0.129. The summed E-state index contributed by atoms with van der Waals surface area (Å²) in [6.45, 7) is 1.44. The van der Waals surface area contributed by atoms with Gasteiger partial charge in [-0.15, -0.1) is 0 Å². The van der Waals surface area contributed by atoms with Crippen LogP contribution in [0.3, 0.4) is 0 Å². The Hall–Kier alpha value is -2.73. The number of hydrogen-bond acceptors (Lipinski definition) is 5. The molecule has 1 amide bonds. The molecule has 2 heterocycles. The molecule has 2 aromatic rings. The van der Waals surface area contributed by atoms with E-state index in [0.717, 1.165) is 5.56 Å². The average molecular weight is 312 g/mol. The maximum atomic E-state index is 11.8. The molecule has 22 heavy (non-hydrogen) atoms. The highest BCUT2D eigenvalue weighted by Gasteiger charge is 2.24. The maximum absolute atomic E-state index is 11.8. The van der Waals surface area contributed by atoms with Crippen molar-refractivity contribution in [1.29, 1.82) is 0 Å². The van der Waals surface area contributed by atoms with E-state index in [1.165, 1.54) is 6.92 Å². The van der Waals surface area contributed by atoms with Crippen LogP contribution in [0.4, 0.5) is 5.69 Å². The van der Waals surface area contributed by atoms with Crippen LogP contribution in [0.5, 0.6) is 0 Å². The molecule has 110 valence electrons. The van der Waals surface area contributed by atoms with Crippen molar-refractivity contribution in [1.82, 2.24) is 0 Å². The molecule has 5 nitrogen and oxygen atoms in total. The Balaban J connectivity index is 1.83. The Bertz CT molecular complexity index is 774. The molecule has 1 aliphatic heterocycles. The minimum absolute atomic E-state index is 0.140. The zero-order chi connectivity index (χ0) is 15.5. The topological polar surface area (TPSA) is 67.8 Å². The number of aliphatic imine (C=N–C) groups is 1. The summed E-state index contributed by atoms with van der Waals surface area (Å²) >= 11 is 1.55. The molecule has 0 saturated carbocycles. The second-order valence-electron chi connectivity index (χ2n) is 4.65. The predicted molar refractivity (Wildman–Crippen MR) is 85.7 cm³/mol. The standard InChI is InChI=1S/C16H12N2O3S/c1-10(19)17-13-4-2-12(3-5-13)15-18-14(16(20)21-15)8-11-6-7-22-9-11/h2-9H,1H3,(H,17,19)/b14-8+. The summed E-state index contributed by atoms with van der Waals surface area (Å²) in [6.07, 6.45) is 1.69. The van der Waals surface area contributed by atoms with Crippen LogP contribution in [0.2, 0.25) is 0 Å². The largest absolute Gasteiger partial charge is 0.402 e. The van der Waals surface area contributed by atoms with E-state index < -0.39 is 5.97 Å². The molecule has 0 fully saturated rings. The molecule has 0 bridgehead atoms. The molecular weight excluding hydrogens is 300 g/mol. The SMILES string of the molecule is CC(=O)Nc1ccc(C2=N/C(=C/c3ccsc3)C(=O)O2)cc1. The van der Waals surface area contributed by atoms with Gasteiger partial charge in [0.15, 0.2) is 5.70 Å². The van der Waals surface area contributed by atoms with E-state index in [1.54, 1.807) is 41.7 Å². The monoisotopic (exact) mass is 312 g/mol. The van der Waals surface area contributed by atoms with Crippen molar-refractivity contribution < 1.29 is 14.3 Å². The van der Waals surface area contributed by atoms with Gasteiger partial charge in [0.05, 0.1) is 0 Å². The summed E-state index contributed by atoms with van der Waals surface area (Å²) in [6, 6.07) is 8.85. The second kappa shape index (κ2) is 5.95. The molecule has 1 aromatic carbocycles. The second-order valence-corrected chi connectivity index (χ2v) is 5.43. The van der Waals surface area contributed by atoms with Gasteiger partial charge in [-0.05, 0) is 52.7 Å². The molecule has 1 aromatic heterocycles. The Labute approximate surface area is 131 Å². The molecule has 0 radical (unpaired) electrons. The average Bonchev–Trinajstić information content (AvgIpc) is 3.10. The first-order valence-corrected chi connectivity index (χ1v) is 7.49. The minimum atomic E-state index is -0.466. The molecule has 0 atom stereocenters. The molecule has 1 aliphatic rings. The van der Waals surface area contributed by atoms with E-state index in [-0.39, 0.29) is 17.5 Å². The lowest BCUT2D eigenvalue weighted by Gasteiger charge is -2.03. The first kappa shape index (κ1) is 14.2. The number of anilines is 1. The number of carbonyl (C=O) groups excluding carboxylic acids is 2. The van der Waals surface area contributed by atoms with E-state index in [0.29, 0.717) is 11.3 Å². The number of nitrogens with zero attached hydrogens (tertiary/aromatic N) is 1. The van der Waals surface area contributed by atoms with Crippen LogP contribution < -0.4 is 5.32 Å². The maximum Gasteiger partial charge on any atom is 0.363 e. The van der Waals surface area contributed by atoms with Gasteiger partial charge in [0.25, 0.3) is 0 Å². The van der Waals surface area contributed by atoms with Gasteiger partial charge in [0, 0.05) is 18.2 Å². The first-order chi connectivity index (χ1) is 10.6. The van der Waals surface area contributed by atoms with Crippen molar-refractivity contribution in [2.75, 3.05) is 5.32 Å². The van der Waals surface area contributed by atoms with E-state index in [4.69, 9.17) is 4.74 Å². The fourth-order valence-corrected chi connectivity index (χ4v) is 2.57. The van der Waals surface area contributed by atoms with Crippen LogP contribution in [0.25, 0.3) is 6.08 Å². The normalized spacial score (nSPS) is 15.6. The van der Waals surface area contributed by atoms with Crippen molar-refractivity contribution in [2.45, 2.75) is 6.92 Å². The summed E-state index contributed by atoms with van der Waals surface area (Å²) in [5.74, 6) is -0.341. The molecule has 3 rings (SSSR count). The number of benzene rings is 1. The quantitative estimate of drug-likeness (QED) is 0.699. The Morgan fingerprint density at radius 1 is 1.27 bits per heavy atom. The van der Waals surface area contributed by atoms with Gasteiger partial charge in [-0.2, -0.15) is 11.3 Å². The smallest absolute Gasteiger partial charge is 0.363 e. The predicted octanol–water partition coefficient (Wildman–Crippen LogP) is 3.05. The summed E-state index contributed by atoms with van der Waals surface area (Å²) < 4.78 is 5.19. The highest BCUT2D eigenvalue weighted by atomic mass is 32.1. The van der Waals surface area contributed by atoms with Gasteiger partial charge >= 0.3 is 5.97 Å². The number of cyclic esters (lactones) is 1. The van der Waals surface area contributed by atoms with Gasteiger partial charge in [-0.25, -0.2) is 9.79 Å². The summed E-state index contributed by atoms with van der Waals surface area (Å²) in [4.78, 5) is 27.0. The number of carbonyl (C=O) groups is 2. The third-order valence-electron chi connectivity index (χ3n) is 2.92. The van der Waals surface area contributed by atoms with Crippen molar-refractivity contribution in [3.8, 4) is 0 Å². The number of thiophene rings is 1. The van der Waals surface area contributed by atoms with Gasteiger partial charge in [0.1, 0.15) is 0 Å². The van der Waals surface area contributed by atoms with E-state index >= 15 is 0 Å². The fourth-order valence-electron chi connectivity index (χ4n) is 1.95. The van der Waals surface area contributed by atoms with Crippen LogP contribution in [0, 0.1) is 0 Å².